The Hall–Kier alpha value is -8.37. The molecular weight excluding hydrogens is 697 g/mol. The summed E-state index contributed by atoms with van der Waals surface area (Å²) in [7, 11) is 0. The van der Waals surface area contributed by atoms with Crippen molar-refractivity contribution in [3.05, 3.63) is 187 Å². The Kier molecular flexibility index (Phi) is 6.95. The molecule has 57 heavy (non-hydrogen) atoms. The molecule has 11 rings (SSSR count). The quantitative estimate of drug-likeness (QED) is 0.181. The summed E-state index contributed by atoms with van der Waals surface area (Å²) in [5, 5.41) is 36.9. The Bertz CT molecular complexity index is 3560. The van der Waals surface area contributed by atoms with Crippen LogP contribution in [0.5, 0.6) is 0 Å². The maximum absolute atomic E-state index is 10.5. The van der Waals surface area contributed by atoms with Crippen LogP contribution in [0.25, 0.3) is 93.6 Å². The van der Waals surface area contributed by atoms with Gasteiger partial charge in [0.15, 0.2) is 0 Å². The van der Waals surface area contributed by atoms with E-state index in [9.17, 15) is 15.8 Å². The molecule has 11 aromatic rings. The number of aromatic nitrogens is 3. The van der Waals surface area contributed by atoms with Crippen LogP contribution >= 0.6 is 0 Å². The lowest BCUT2D eigenvalue weighted by molar-refractivity contribution is 1.16. The fraction of sp³-hybridized carbons (Fsp3) is 0. The molecule has 0 bridgehead atoms. The minimum Gasteiger partial charge on any atom is -0.309 e. The van der Waals surface area contributed by atoms with Gasteiger partial charge in [-0.2, -0.15) is 15.8 Å². The molecule has 0 saturated heterocycles. The van der Waals surface area contributed by atoms with E-state index in [0.717, 1.165) is 49.8 Å². The van der Waals surface area contributed by atoms with Gasteiger partial charge in [0.1, 0.15) is 12.1 Å². The smallest absolute Gasteiger partial charge is 0.101 e. The molecule has 0 unspecified atom stereocenters. The van der Waals surface area contributed by atoms with Gasteiger partial charge < -0.3 is 13.7 Å². The molecule has 0 aliphatic heterocycles. The second-order valence-corrected chi connectivity index (χ2v) is 14.3. The second-order valence-electron chi connectivity index (χ2n) is 14.3. The van der Waals surface area contributed by atoms with Gasteiger partial charge in [0.25, 0.3) is 0 Å². The fourth-order valence-corrected chi connectivity index (χ4v) is 8.88. The summed E-state index contributed by atoms with van der Waals surface area (Å²) < 4.78 is 6.66. The molecule has 3 heterocycles. The number of benzene rings is 8. The lowest BCUT2D eigenvalue weighted by Crippen LogP contribution is -2.00. The summed E-state index contributed by atoms with van der Waals surface area (Å²) in [6.45, 7) is 0. The Morgan fingerprint density at radius 3 is 1.42 bits per heavy atom. The van der Waals surface area contributed by atoms with E-state index >= 15 is 0 Å². The summed E-state index contributed by atoms with van der Waals surface area (Å²) in [5.41, 5.74) is 12.2. The van der Waals surface area contributed by atoms with Crippen LogP contribution in [-0.2, 0) is 0 Å². The third kappa shape index (κ3) is 4.68. The molecule has 6 heteroatoms. The van der Waals surface area contributed by atoms with Crippen molar-refractivity contribution in [1.29, 1.82) is 15.8 Å². The second kappa shape index (κ2) is 12.3. The van der Waals surface area contributed by atoms with Crippen molar-refractivity contribution in [3.8, 4) is 46.4 Å². The topological polar surface area (TPSA) is 86.2 Å². The zero-order valence-corrected chi connectivity index (χ0v) is 30.3. The molecule has 0 fully saturated rings. The average molecular weight is 725 g/mol. The number of rotatable bonds is 4. The molecule has 0 aliphatic rings. The number of nitrogens with zero attached hydrogens (tertiary/aromatic N) is 6. The maximum Gasteiger partial charge on any atom is 0.101 e. The van der Waals surface area contributed by atoms with Crippen LogP contribution in [0.15, 0.2) is 170 Å². The van der Waals surface area contributed by atoms with Crippen molar-refractivity contribution < 1.29 is 0 Å². The van der Waals surface area contributed by atoms with Crippen molar-refractivity contribution in [1.82, 2.24) is 13.7 Å². The highest BCUT2D eigenvalue weighted by Gasteiger charge is 2.20. The monoisotopic (exact) mass is 724 g/mol. The van der Waals surface area contributed by atoms with E-state index in [1.807, 2.05) is 53.1 Å². The number of hydrogen-bond acceptors (Lipinski definition) is 3. The molecule has 6 nitrogen and oxygen atoms in total. The van der Waals surface area contributed by atoms with E-state index in [1.54, 1.807) is 6.07 Å². The highest BCUT2D eigenvalue weighted by Crippen LogP contribution is 2.39. The minimum absolute atomic E-state index is 0.386. The Balaban J connectivity index is 1.02. The molecule has 0 amide bonds. The molecule has 0 atom stereocenters. The van der Waals surface area contributed by atoms with Crippen LogP contribution < -0.4 is 0 Å². The molecule has 3 aromatic heterocycles. The molecule has 8 aromatic carbocycles. The highest BCUT2D eigenvalue weighted by atomic mass is 15.0. The number of nitriles is 3. The van der Waals surface area contributed by atoms with Crippen molar-refractivity contribution >= 4 is 65.4 Å². The summed E-state index contributed by atoms with van der Waals surface area (Å²) in [6.07, 6.45) is 0. The molecule has 0 saturated carbocycles. The molecular formula is C51H28N6. The van der Waals surface area contributed by atoms with Crippen molar-refractivity contribution in [2.24, 2.45) is 0 Å². The van der Waals surface area contributed by atoms with E-state index in [-0.39, 0.29) is 0 Å². The molecule has 0 aliphatic carbocycles. The average Bonchev–Trinajstić information content (AvgIpc) is 3.91. The van der Waals surface area contributed by atoms with E-state index in [2.05, 4.69) is 143 Å². The fourth-order valence-electron chi connectivity index (χ4n) is 8.88. The first-order valence-corrected chi connectivity index (χ1v) is 18.7. The van der Waals surface area contributed by atoms with Gasteiger partial charge in [-0.3, -0.25) is 0 Å². The van der Waals surface area contributed by atoms with E-state index < -0.39 is 0 Å². The highest BCUT2D eigenvalue weighted by molar-refractivity contribution is 6.13. The first-order chi connectivity index (χ1) is 28.1. The van der Waals surface area contributed by atoms with Gasteiger partial charge in [0.2, 0.25) is 0 Å². The summed E-state index contributed by atoms with van der Waals surface area (Å²) >= 11 is 0. The van der Waals surface area contributed by atoms with Gasteiger partial charge in [0, 0.05) is 43.7 Å². The Morgan fingerprint density at radius 1 is 0.333 bits per heavy atom. The van der Waals surface area contributed by atoms with Crippen LogP contribution in [-0.4, -0.2) is 13.7 Å². The van der Waals surface area contributed by atoms with Crippen molar-refractivity contribution in [3.63, 3.8) is 0 Å². The van der Waals surface area contributed by atoms with Crippen LogP contribution in [0.3, 0.4) is 0 Å². The van der Waals surface area contributed by atoms with Gasteiger partial charge in [-0.05, 0) is 90.0 Å². The van der Waals surface area contributed by atoms with E-state index in [4.69, 9.17) is 0 Å². The van der Waals surface area contributed by atoms with Gasteiger partial charge in [-0.1, -0.05) is 91.0 Å². The first-order valence-electron chi connectivity index (χ1n) is 18.7. The number of hydrogen-bond donors (Lipinski definition) is 0. The predicted molar refractivity (Wildman–Crippen MR) is 229 cm³/mol. The van der Waals surface area contributed by atoms with E-state index in [1.165, 1.54) is 32.6 Å². The summed E-state index contributed by atoms with van der Waals surface area (Å²) in [5.74, 6) is 0. The van der Waals surface area contributed by atoms with Crippen molar-refractivity contribution in [2.45, 2.75) is 0 Å². The Morgan fingerprint density at radius 2 is 0.825 bits per heavy atom. The van der Waals surface area contributed by atoms with Crippen LogP contribution in [0, 0.1) is 34.0 Å². The molecule has 0 spiro atoms. The van der Waals surface area contributed by atoms with Gasteiger partial charge in [-0.15, -0.1) is 0 Å². The first kappa shape index (κ1) is 32.1. The zero-order valence-electron chi connectivity index (χ0n) is 30.3. The molecule has 262 valence electrons. The Labute approximate surface area is 326 Å². The van der Waals surface area contributed by atoms with Gasteiger partial charge in [0.05, 0.1) is 61.5 Å². The minimum atomic E-state index is 0.386. The third-order valence-electron chi connectivity index (χ3n) is 11.3. The van der Waals surface area contributed by atoms with Crippen LogP contribution in [0.4, 0.5) is 0 Å². The SMILES string of the molecule is N#Cc1cc(C#N)c2c(c1)c1ccccc1n2-c1ccc(-c2ccc(-n3c4ccccc4c4cc(-n5c6ccccc6c6ccccc65)ccc43)cc2)cc1C#N. The predicted octanol–water partition coefficient (Wildman–Crippen LogP) is 12.3. The van der Waals surface area contributed by atoms with Crippen LogP contribution in [0.2, 0.25) is 0 Å². The standard InChI is InChI=1S/C51H28N6/c52-29-32-25-36(31-54)51-44(26-32)42-12-4-8-16-49(42)57(51)45-23-19-34(27-35(45)30-53)33-17-20-37(21-18-33)55-48-15-7-3-11-41(48)43-28-38(22-24-50(43)55)56-46-13-5-1-9-39(46)40-10-2-6-14-47(40)56/h1-28H. The van der Waals surface area contributed by atoms with E-state index in [0.29, 0.717) is 27.9 Å². The number of para-hydroxylation sites is 4. The zero-order chi connectivity index (χ0) is 38.2. The summed E-state index contributed by atoms with van der Waals surface area (Å²) in [4.78, 5) is 0. The molecule has 0 N–H and O–H groups in total. The van der Waals surface area contributed by atoms with Crippen molar-refractivity contribution in [2.75, 3.05) is 0 Å². The van der Waals surface area contributed by atoms with Gasteiger partial charge >= 0.3 is 0 Å². The van der Waals surface area contributed by atoms with Crippen LogP contribution in [0.1, 0.15) is 16.7 Å². The largest absolute Gasteiger partial charge is 0.309 e. The lowest BCUT2D eigenvalue weighted by Gasteiger charge is -2.13. The number of fused-ring (bicyclic) bond motifs is 9. The normalized spacial score (nSPS) is 11.5. The van der Waals surface area contributed by atoms with Gasteiger partial charge in [-0.25, -0.2) is 0 Å². The molecule has 0 radical (unpaired) electrons. The maximum atomic E-state index is 10.5. The lowest BCUT2D eigenvalue weighted by atomic mass is 10.0. The third-order valence-corrected chi connectivity index (χ3v) is 11.3. The summed E-state index contributed by atoms with van der Waals surface area (Å²) in [6, 6.07) is 65.1.